The molecule has 0 fully saturated rings. The van der Waals surface area contributed by atoms with Crippen molar-refractivity contribution in [2.75, 3.05) is 37.5 Å². The number of hydrogen-bond acceptors (Lipinski definition) is 4. The molecule has 0 bridgehead atoms. The minimum atomic E-state index is -1.11. The van der Waals surface area contributed by atoms with Gasteiger partial charge in [-0.05, 0) is 18.2 Å². The van der Waals surface area contributed by atoms with Gasteiger partial charge in [-0.25, -0.2) is 4.79 Å². The van der Waals surface area contributed by atoms with E-state index in [-0.39, 0.29) is 6.61 Å². The fourth-order valence-corrected chi connectivity index (χ4v) is 1.78. The second-order valence-corrected chi connectivity index (χ2v) is 4.91. The first-order chi connectivity index (χ1) is 8.90. The van der Waals surface area contributed by atoms with E-state index < -0.39 is 18.5 Å². The van der Waals surface area contributed by atoms with E-state index in [1.165, 1.54) is 0 Å². The van der Waals surface area contributed by atoms with Crippen molar-refractivity contribution in [2.24, 2.45) is 0 Å². The molecule has 0 atom stereocenters. The zero-order chi connectivity index (χ0) is 14.4. The van der Waals surface area contributed by atoms with Crippen molar-refractivity contribution in [2.45, 2.75) is 0 Å². The Balaban J connectivity index is 2.67. The molecule has 0 unspecified atom stereocenters. The third-order valence-corrected chi connectivity index (χ3v) is 2.67. The van der Waals surface area contributed by atoms with Crippen LogP contribution < -0.4 is 10.2 Å². The number of ether oxygens (including phenoxy) is 1. The van der Waals surface area contributed by atoms with E-state index in [4.69, 9.17) is 9.84 Å². The first kappa shape index (κ1) is 15.5. The van der Waals surface area contributed by atoms with Gasteiger partial charge in [0.2, 0.25) is 5.91 Å². The van der Waals surface area contributed by atoms with Gasteiger partial charge in [0.25, 0.3) is 0 Å². The average Bonchev–Trinajstić information content (AvgIpc) is 2.27. The Morgan fingerprint density at radius 3 is 2.63 bits per heavy atom. The molecule has 0 aliphatic rings. The molecule has 0 spiro atoms. The molecule has 104 valence electrons. The molecular weight excluding hydrogens is 316 g/mol. The molecule has 0 saturated heterocycles. The molecule has 0 aliphatic heterocycles. The van der Waals surface area contributed by atoms with Crippen molar-refractivity contribution in [1.29, 1.82) is 0 Å². The highest BCUT2D eigenvalue weighted by Crippen LogP contribution is 2.27. The van der Waals surface area contributed by atoms with Crippen LogP contribution in [-0.4, -0.2) is 44.3 Å². The van der Waals surface area contributed by atoms with Gasteiger partial charge >= 0.3 is 5.97 Å². The summed E-state index contributed by atoms with van der Waals surface area (Å²) in [6.45, 7) is -0.794. The van der Waals surface area contributed by atoms with Crippen molar-refractivity contribution < 1.29 is 19.4 Å². The molecule has 2 N–H and O–H groups in total. The fourth-order valence-electron chi connectivity index (χ4n) is 1.42. The molecule has 0 saturated carbocycles. The number of carboxylic acids is 1. The smallest absolute Gasteiger partial charge is 0.329 e. The van der Waals surface area contributed by atoms with Crippen molar-refractivity contribution in [1.82, 2.24) is 0 Å². The van der Waals surface area contributed by atoms with Gasteiger partial charge < -0.3 is 20.1 Å². The molecule has 7 heteroatoms. The third kappa shape index (κ3) is 5.27. The molecule has 0 heterocycles. The number of nitrogens with zero attached hydrogens (tertiary/aromatic N) is 1. The second kappa shape index (κ2) is 7.10. The average molecular weight is 331 g/mol. The van der Waals surface area contributed by atoms with Crippen molar-refractivity contribution in [3.8, 4) is 0 Å². The first-order valence-electron chi connectivity index (χ1n) is 5.46. The summed E-state index contributed by atoms with van der Waals surface area (Å²) in [5.41, 5.74) is 1.47. The molecule has 0 radical (unpaired) electrons. The molecule has 1 aromatic rings. The monoisotopic (exact) mass is 330 g/mol. The van der Waals surface area contributed by atoms with E-state index in [0.29, 0.717) is 5.69 Å². The molecule has 1 rings (SSSR count). The van der Waals surface area contributed by atoms with Gasteiger partial charge in [-0.3, -0.25) is 4.79 Å². The Bertz CT molecular complexity index is 477. The van der Waals surface area contributed by atoms with Gasteiger partial charge in [-0.1, -0.05) is 15.9 Å². The van der Waals surface area contributed by atoms with E-state index in [1.807, 2.05) is 31.1 Å². The zero-order valence-electron chi connectivity index (χ0n) is 10.6. The van der Waals surface area contributed by atoms with Gasteiger partial charge in [0, 0.05) is 18.6 Å². The van der Waals surface area contributed by atoms with Crippen LogP contribution in [0.1, 0.15) is 0 Å². The number of benzene rings is 1. The molecule has 0 aliphatic carbocycles. The van der Waals surface area contributed by atoms with Gasteiger partial charge in [0.1, 0.15) is 13.2 Å². The Morgan fingerprint density at radius 2 is 2.05 bits per heavy atom. The minimum absolute atomic E-state index is 0.300. The highest BCUT2D eigenvalue weighted by molar-refractivity contribution is 9.10. The number of hydrogen-bond donors (Lipinski definition) is 2. The van der Waals surface area contributed by atoms with Crippen molar-refractivity contribution in [3.05, 3.63) is 22.7 Å². The van der Waals surface area contributed by atoms with Crippen LogP contribution in [0, 0.1) is 0 Å². The van der Waals surface area contributed by atoms with E-state index in [2.05, 4.69) is 21.2 Å². The summed E-state index contributed by atoms with van der Waals surface area (Å²) in [5, 5.41) is 11.1. The number of rotatable bonds is 6. The van der Waals surface area contributed by atoms with Crippen LogP contribution in [0.4, 0.5) is 11.4 Å². The van der Waals surface area contributed by atoms with Gasteiger partial charge in [0.15, 0.2) is 0 Å². The molecule has 19 heavy (non-hydrogen) atoms. The van der Waals surface area contributed by atoms with Gasteiger partial charge in [0.05, 0.1) is 11.4 Å². The fraction of sp³-hybridized carbons (Fsp3) is 0.333. The van der Waals surface area contributed by atoms with Crippen LogP contribution in [0.5, 0.6) is 0 Å². The largest absolute Gasteiger partial charge is 0.480 e. The predicted molar refractivity (Wildman–Crippen MR) is 75.6 cm³/mol. The first-order valence-corrected chi connectivity index (χ1v) is 6.25. The number of nitrogens with one attached hydrogen (secondary N) is 1. The molecule has 0 aromatic heterocycles. The van der Waals surface area contributed by atoms with E-state index >= 15 is 0 Å². The van der Waals surface area contributed by atoms with Gasteiger partial charge in [-0.15, -0.1) is 0 Å². The maximum absolute atomic E-state index is 11.6. The SMILES string of the molecule is CN(C)c1ccc(Br)cc1NC(=O)COCC(=O)O. The normalized spacial score (nSPS) is 10.1. The van der Waals surface area contributed by atoms with Crippen LogP contribution in [0.25, 0.3) is 0 Å². The molecule has 1 aromatic carbocycles. The summed E-state index contributed by atoms with van der Waals surface area (Å²) in [6, 6.07) is 5.49. The summed E-state index contributed by atoms with van der Waals surface area (Å²) in [6.07, 6.45) is 0. The Hall–Kier alpha value is -1.60. The lowest BCUT2D eigenvalue weighted by Gasteiger charge is -2.18. The quantitative estimate of drug-likeness (QED) is 0.827. The highest BCUT2D eigenvalue weighted by Gasteiger charge is 2.10. The van der Waals surface area contributed by atoms with Crippen LogP contribution in [0.15, 0.2) is 22.7 Å². The molecular formula is C12H15BrN2O4. The zero-order valence-corrected chi connectivity index (χ0v) is 12.2. The van der Waals surface area contributed by atoms with E-state index in [1.54, 1.807) is 6.07 Å². The summed E-state index contributed by atoms with van der Waals surface area (Å²) in [7, 11) is 3.72. The Morgan fingerprint density at radius 1 is 1.37 bits per heavy atom. The van der Waals surface area contributed by atoms with Gasteiger partial charge in [-0.2, -0.15) is 0 Å². The standard InChI is InChI=1S/C12H15BrN2O4/c1-15(2)10-4-3-8(13)5-9(10)14-11(16)6-19-7-12(17)18/h3-5H,6-7H2,1-2H3,(H,14,16)(H,17,18). The Kier molecular flexibility index (Phi) is 5.78. The molecule has 1 amide bonds. The number of carboxylic acid groups (broad SMARTS) is 1. The summed E-state index contributed by atoms with van der Waals surface area (Å²) in [5.74, 6) is -1.51. The summed E-state index contributed by atoms with van der Waals surface area (Å²) >= 11 is 3.33. The molecule has 6 nitrogen and oxygen atoms in total. The predicted octanol–water partition coefficient (Wildman–Crippen LogP) is 1.55. The number of carbonyl (C=O) groups is 2. The van der Waals surface area contributed by atoms with Crippen LogP contribution >= 0.6 is 15.9 Å². The third-order valence-electron chi connectivity index (χ3n) is 2.17. The lowest BCUT2D eigenvalue weighted by Crippen LogP contribution is -2.22. The highest BCUT2D eigenvalue weighted by atomic mass is 79.9. The van der Waals surface area contributed by atoms with Crippen LogP contribution in [0.3, 0.4) is 0 Å². The number of carbonyl (C=O) groups excluding carboxylic acids is 1. The maximum atomic E-state index is 11.6. The van der Waals surface area contributed by atoms with Crippen molar-refractivity contribution in [3.63, 3.8) is 0 Å². The minimum Gasteiger partial charge on any atom is -0.480 e. The van der Waals surface area contributed by atoms with E-state index in [9.17, 15) is 9.59 Å². The maximum Gasteiger partial charge on any atom is 0.329 e. The number of aliphatic carboxylic acids is 1. The topological polar surface area (TPSA) is 78.9 Å². The van der Waals surface area contributed by atoms with Crippen molar-refractivity contribution >= 4 is 39.2 Å². The van der Waals surface area contributed by atoms with Crippen LogP contribution in [-0.2, 0) is 14.3 Å². The lowest BCUT2D eigenvalue weighted by molar-refractivity contribution is -0.143. The Labute approximate surface area is 119 Å². The summed E-state index contributed by atoms with van der Waals surface area (Å²) in [4.78, 5) is 23.7. The van der Waals surface area contributed by atoms with Crippen LogP contribution in [0.2, 0.25) is 0 Å². The number of amides is 1. The summed E-state index contributed by atoms with van der Waals surface area (Å²) < 4.78 is 5.56. The lowest BCUT2D eigenvalue weighted by atomic mass is 10.2. The second-order valence-electron chi connectivity index (χ2n) is 3.99. The van der Waals surface area contributed by atoms with E-state index in [0.717, 1.165) is 10.2 Å². The number of anilines is 2. The number of halogens is 1.